The lowest BCUT2D eigenvalue weighted by molar-refractivity contribution is 0.490. The normalized spacial score (nSPS) is 14.7. The van der Waals surface area contributed by atoms with E-state index in [2.05, 4.69) is 37.4 Å². The number of rotatable bonds is 4. The number of nitriles is 1. The Labute approximate surface area is 89.6 Å². The Hall–Kier alpha value is -0.850. The summed E-state index contributed by atoms with van der Waals surface area (Å²) in [5, 5.41) is 11.9. The molecule has 0 saturated carbocycles. The topological polar surface area (TPSA) is 35.8 Å². The van der Waals surface area contributed by atoms with Gasteiger partial charge in [0.25, 0.3) is 0 Å². The maximum Gasteiger partial charge on any atom is 0.0638 e. The fourth-order valence-corrected chi connectivity index (χ4v) is 2.28. The van der Waals surface area contributed by atoms with E-state index in [4.69, 9.17) is 5.26 Å². The predicted molar refractivity (Wildman–Crippen MR) is 60.3 cm³/mol. The molecule has 1 aromatic rings. The molecule has 0 bridgehead atoms. The van der Waals surface area contributed by atoms with Crippen molar-refractivity contribution in [3.8, 4) is 6.07 Å². The molecule has 0 amide bonds. The smallest absolute Gasteiger partial charge is 0.0638 e. The Morgan fingerprint density at radius 3 is 2.71 bits per heavy atom. The van der Waals surface area contributed by atoms with E-state index in [9.17, 15) is 0 Å². The van der Waals surface area contributed by atoms with Crippen LogP contribution in [0.3, 0.4) is 0 Å². The lowest BCUT2D eigenvalue weighted by Crippen LogP contribution is -2.27. The SMILES string of the molecule is Cc1ccc(C(C)NC(C)CC#N)s1. The van der Waals surface area contributed by atoms with E-state index in [0.717, 1.165) is 0 Å². The first-order chi connectivity index (χ1) is 6.63. The van der Waals surface area contributed by atoms with Crippen LogP contribution in [0.15, 0.2) is 12.1 Å². The Morgan fingerprint density at radius 2 is 2.21 bits per heavy atom. The van der Waals surface area contributed by atoms with Crippen LogP contribution in [0, 0.1) is 18.3 Å². The number of hydrogen-bond donors (Lipinski definition) is 1. The minimum absolute atomic E-state index is 0.261. The lowest BCUT2D eigenvalue weighted by Gasteiger charge is -2.16. The van der Waals surface area contributed by atoms with Crippen LogP contribution in [0.2, 0.25) is 0 Å². The quantitative estimate of drug-likeness (QED) is 0.825. The van der Waals surface area contributed by atoms with Crippen molar-refractivity contribution in [2.45, 2.75) is 39.3 Å². The molecular formula is C11H16N2S. The van der Waals surface area contributed by atoms with Crippen LogP contribution in [0.4, 0.5) is 0 Å². The average Bonchev–Trinajstić information content (AvgIpc) is 2.52. The van der Waals surface area contributed by atoms with Crippen LogP contribution in [-0.2, 0) is 0 Å². The van der Waals surface area contributed by atoms with Crippen molar-refractivity contribution < 1.29 is 0 Å². The van der Waals surface area contributed by atoms with E-state index >= 15 is 0 Å². The number of aryl methyl sites for hydroxylation is 1. The molecule has 0 spiro atoms. The summed E-state index contributed by atoms with van der Waals surface area (Å²) in [5.41, 5.74) is 0. The largest absolute Gasteiger partial charge is 0.306 e. The molecular weight excluding hydrogens is 192 g/mol. The molecule has 2 nitrogen and oxygen atoms in total. The third-order valence-electron chi connectivity index (χ3n) is 2.12. The summed E-state index contributed by atoms with van der Waals surface area (Å²) in [4.78, 5) is 2.67. The van der Waals surface area contributed by atoms with E-state index < -0.39 is 0 Å². The van der Waals surface area contributed by atoms with Crippen molar-refractivity contribution in [1.29, 1.82) is 5.26 Å². The van der Waals surface area contributed by atoms with Crippen molar-refractivity contribution in [2.75, 3.05) is 0 Å². The first kappa shape index (κ1) is 11.2. The van der Waals surface area contributed by atoms with Gasteiger partial charge >= 0.3 is 0 Å². The van der Waals surface area contributed by atoms with Crippen molar-refractivity contribution in [3.05, 3.63) is 21.9 Å². The molecule has 0 aliphatic carbocycles. The zero-order chi connectivity index (χ0) is 10.6. The van der Waals surface area contributed by atoms with Gasteiger partial charge in [0, 0.05) is 21.8 Å². The second kappa shape index (κ2) is 5.14. The molecule has 2 atom stereocenters. The molecule has 2 unspecified atom stereocenters. The maximum absolute atomic E-state index is 8.54. The van der Waals surface area contributed by atoms with Gasteiger partial charge in [-0.15, -0.1) is 11.3 Å². The molecule has 0 fully saturated rings. The van der Waals surface area contributed by atoms with Gasteiger partial charge in [-0.25, -0.2) is 0 Å². The summed E-state index contributed by atoms with van der Waals surface area (Å²) in [6, 6.07) is 7.06. The average molecular weight is 208 g/mol. The molecule has 0 aromatic carbocycles. The standard InChI is InChI=1S/C11H16N2S/c1-8(6-7-12)13-10(3)11-5-4-9(2)14-11/h4-5,8,10,13H,6H2,1-3H3. The van der Waals surface area contributed by atoms with Gasteiger partial charge in [-0.2, -0.15) is 5.26 Å². The van der Waals surface area contributed by atoms with Crippen LogP contribution in [0.5, 0.6) is 0 Å². The lowest BCUT2D eigenvalue weighted by atomic mass is 10.2. The second-order valence-electron chi connectivity index (χ2n) is 3.60. The molecule has 1 heterocycles. The van der Waals surface area contributed by atoms with Crippen LogP contribution in [0.1, 0.15) is 36.1 Å². The molecule has 0 saturated heterocycles. The number of hydrogen-bond acceptors (Lipinski definition) is 3. The fraction of sp³-hybridized carbons (Fsp3) is 0.545. The summed E-state index contributed by atoms with van der Waals surface area (Å²) in [6.07, 6.45) is 0.564. The van der Waals surface area contributed by atoms with Gasteiger partial charge < -0.3 is 5.32 Å². The predicted octanol–water partition coefficient (Wildman–Crippen LogP) is 3.01. The molecule has 1 rings (SSSR count). The van der Waals surface area contributed by atoms with Crippen molar-refractivity contribution >= 4 is 11.3 Å². The van der Waals surface area contributed by atoms with Gasteiger partial charge in [-0.05, 0) is 32.9 Å². The summed E-state index contributed by atoms with van der Waals surface area (Å²) in [6.45, 7) is 6.29. The van der Waals surface area contributed by atoms with Crippen molar-refractivity contribution in [2.24, 2.45) is 0 Å². The van der Waals surface area contributed by atoms with Crippen LogP contribution in [0.25, 0.3) is 0 Å². The highest BCUT2D eigenvalue weighted by Crippen LogP contribution is 2.22. The van der Waals surface area contributed by atoms with Crippen LogP contribution >= 0.6 is 11.3 Å². The Kier molecular flexibility index (Phi) is 4.12. The number of nitrogens with zero attached hydrogens (tertiary/aromatic N) is 1. The van der Waals surface area contributed by atoms with Gasteiger partial charge in [-0.1, -0.05) is 0 Å². The number of thiophene rings is 1. The monoisotopic (exact) mass is 208 g/mol. The van der Waals surface area contributed by atoms with Gasteiger partial charge in [0.1, 0.15) is 0 Å². The molecule has 3 heteroatoms. The summed E-state index contributed by atoms with van der Waals surface area (Å²) in [5.74, 6) is 0. The minimum Gasteiger partial charge on any atom is -0.306 e. The summed E-state index contributed by atoms with van der Waals surface area (Å²) >= 11 is 1.81. The van der Waals surface area contributed by atoms with E-state index in [0.29, 0.717) is 12.5 Å². The molecule has 0 radical (unpaired) electrons. The Morgan fingerprint density at radius 1 is 1.50 bits per heavy atom. The molecule has 1 aromatic heterocycles. The van der Waals surface area contributed by atoms with Crippen LogP contribution in [-0.4, -0.2) is 6.04 Å². The third-order valence-corrected chi connectivity index (χ3v) is 3.30. The minimum atomic E-state index is 0.261. The zero-order valence-corrected chi connectivity index (χ0v) is 9.69. The molecule has 0 aliphatic heterocycles. The van der Waals surface area contributed by atoms with E-state index in [-0.39, 0.29) is 6.04 Å². The summed E-state index contributed by atoms with van der Waals surface area (Å²) in [7, 11) is 0. The zero-order valence-electron chi connectivity index (χ0n) is 8.87. The van der Waals surface area contributed by atoms with Crippen LogP contribution < -0.4 is 5.32 Å². The molecule has 0 aliphatic rings. The van der Waals surface area contributed by atoms with Crippen molar-refractivity contribution in [3.63, 3.8) is 0 Å². The third kappa shape index (κ3) is 3.13. The first-order valence-electron chi connectivity index (χ1n) is 4.83. The van der Waals surface area contributed by atoms with Gasteiger partial charge in [0.15, 0.2) is 0 Å². The van der Waals surface area contributed by atoms with Gasteiger partial charge in [0.2, 0.25) is 0 Å². The second-order valence-corrected chi connectivity index (χ2v) is 4.92. The van der Waals surface area contributed by atoms with Crippen molar-refractivity contribution in [1.82, 2.24) is 5.32 Å². The van der Waals surface area contributed by atoms with E-state index in [1.807, 2.05) is 18.3 Å². The maximum atomic E-state index is 8.54. The van der Waals surface area contributed by atoms with E-state index in [1.165, 1.54) is 9.75 Å². The first-order valence-corrected chi connectivity index (χ1v) is 5.64. The van der Waals surface area contributed by atoms with E-state index in [1.54, 1.807) is 0 Å². The Balaban J connectivity index is 2.50. The molecule has 1 N–H and O–H groups in total. The molecule has 76 valence electrons. The fourth-order valence-electron chi connectivity index (χ4n) is 1.39. The highest BCUT2D eigenvalue weighted by Gasteiger charge is 2.10. The number of nitrogens with one attached hydrogen (secondary N) is 1. The molecule has 14 heavy (non-hydrogen) atoms. The van der Waals surface area contributed by atoms with Gasteiger partial charge in [-0.3, -0.25) is 0 Å². The highest BCUT2D eigenvalue weighted by atomic mass is 32.1. The summed E-state index contributed by atoms with van der Waals surface area (Å²) < 4.78 is 0. The Bertz CT molecular complexity index is 324. The van der Waals surface area contributed by atoms with Gasteiger partial charge in [0.05, 0.1) is 12.5 Å². The highest BCUT2D eigenvalue weighted by molar-refractivity contribution is 7.12.